The summed E-state index contributed by atoms with van der Waals surface area (Å²) in [5, 5.41) is 9.71. The third kappa shape index (κ3) is 1.76. The SMILES string of the molecule is O=C(O)N1CCCCC1(C1CC1)n1cnc2ccccc21. The first-order valence-corrected chi connectivity index (χ1v) is 7.66. The number of carboxylic acid groups (broad SMARTS) is 1. The van der Waals surface area contributed by atoms with Crippen molar-refractivity contribution >= 4 is 17.1 Å². The van der Waals surface area contributed by atoms with E-state index in [0.717, 1.165) is 43.1 Å². The van der Waals surface area contributed by atoms with Crippen LogP contribution in [0.1, 0.15) is 32.1 Å². The van der Waals surface area contributed by atoms with Crippen molar-refractivity contribution in [3.05, 3.63) is 30.6 Å². The molecule has 1 atom stereocenters. The summed E-state index contributed by atoms with van der Waals surface area (Å²) in [5.41, 5.74) is 1.55. The molecule has 4 rings (SSSR count). The number of hydrogen-bond acceptors (Lipinski definition) is 2. The van der Waals surface area contributed by atoms with Gasteiger partial charge >= 0.3 is 6.09 Å². The highest BCUT2D eigenvalue weighted by molar-refractivity contribution is 5.76. The molecule has 1 aromatic heterocycles. The molecular formula is C16H19N3O2. The van der Waals surface area contributed by atoms with Gasteiger partial charge in [0.2, 0.25) is 0 Å². The Labute approximate surface area is 123 Å². The molecule has 1 unspecified atom stereocenters. The number of nitrogens with zero attached hydrogens (tertiary/aromatic N) is 3. The number of rotatable bonds is 2. The van der Waals surface area contributed by atoms with E-state index in [4.69, 9.17) is 0 Å². The van der Waals surface area contributed by atoms with Crippen LogP contribution in [-0.4, -0.2) is 32.2 Å². The molecular weight excluding hydrogens is 266 g/mol. The lowest BCUT2D eigenvalue weighted by atomic mass is 9.90. The van der Waals surface area contributed by atoms with E-state index in [2.05, 4.69) is 9.55 Å². The van der Waals surface area contributed by atoms with Gasteiger partial charge in [-0.3, -0.25) is 4.90 Å². The van der Waals surface area contributed by atoms with Crippen molar-refractivity contribution in [2.45, 2.75) is 37.8 Å². The Morgan fingerprint density at radius 1 is 1.29 bits per heavy atom. The summed E-state index contributed by atoms with van der Waals surface area (Å²) in [6.45, 7) is 0.623. The summed E-state index contributed by atoms with van der Waals surface area (Å²) < 4.78 is 2.13. The summed E-state index contributed by atoms with van der Waals surface area (Å²) in [7, 11) is 0. The van der Waals surface area contributed by atoms with Crippen LogP contribution in [0.2, 0.25) is 0 Å². The Morgan fingerprint density at radius 2 is 2.10 bits per heavy atom. The molecule has 1 saturated carbocycles. The minimum Gasteiger partial charge on any atom is -0.465 e. The highest BCUT2D eigenvalue weighted by Crippen LogP contribution is 2.51. The van der Waals surface area contributed by atoms with Gasteiger partial charge in [-0.1, -0.05) is 12.1 Å². The minimum absolute atomic E-state index is 0.423. The number of aromatic nitrogens is 2. The van der Waals surface area contributed by atoms with E-state index in [9.17, 15) is 9.90 Å². The second-order valence-corrected chi connectivity index (χ2v) is 6.15. The van der Waals surface area contributed by atoms with Gasteiger partial charge in [-0.25, -0.2) is 9.78 Å². The minimum atomic E-state index is -0.806. The van der Waals surface area contributed by atoms with Gasteiger partial charge in [-0.05, 0) is 44.2 Å². The molecule has 0 spiro atoms. The standard InChI is InChI=1S/C16H19N3O2/c20-15(21)18-10-4-3-9-16(18,12-7-8-12)19-11-17-13-5-1-2-6-14(13)19/h1-2,5-6,11-12H,3-4,7-10H2,(H,20,21). The first kappa shape index (κ1) is 12.7. The van der Waals surface area contributed by atoms with Crippen molar-refractivity contribution in [1.29, 1.82) is 0 Å². The number of amides is 1. The monoisotopic (exact) mass is 285 g/mol. The van der Waals surface area contributed by atoms with Crippen LogP contribution in [0.3, 0.4) is 0 Å². The Morgan fingerprint density at radius 3 is 2.86 bits per heavy atom. The summed E-state index contributed by atoms with van der Waals surface area (Å²) in [4.78, 5) is 18.0. The number of piperidine rings is 1. The van der Waals surface area contributed by atoms with Crippen LogP contribution >= 0.6 is 0 Å². The Kier molecular flexibility index (Phi) is 2.71. The highest BCUT2D eigenvalue weighted by Gasteiger charge is 2.54. The predicted molar refractivity (Wildman–Crippen MR) is 79.0 cm³/mol. The van der Waals surface area contributed by atoms with Crippen molar-refractivity contribution in [3.63, 3.8) is 0 Å². The summed E-state index contributed by atoms with van der Waals surface area (Å²) in [5.74, 6) is 0.423. The summed E-state index contributed by atoms with van der Waals surface area (Å²) in [6, 6.07) is 8.00. The van der Waals surface area contributed by atoms with Crippen LogP contribution in [0.25, 0.3) is 11.0 Å². The van der Waals surface area contributed by atoms with E-state index in [-0.39, 0.29) is 0 Å². The largest absolute Gasteiger partial charge is 0.465 e. The molecule has 1 N–H and O–H groups in total. The average molecular weight is 285 g/mol. The molecule has 1 aliphatic heterocycles. The van der Waals surface area contributed by atoms with Crippen LogP contribution in [0, 0.1) is 5.92 Å². The molecule has 5 nitrogen and oxygen atoms in total. The zero-order chi connectivity index (χ0) is 14.4. The van der Waals surface area contributed by atoms with E-state index in [1.807, 2.05) is 30.6 Å². The summed E-state index contributed by atoms with van der Waals surface area (Å²) in [6.07, 6.45) is 6.17. The number of likely N-dealkylation sites (tertiary alicyclic amines) is 1. The first-order valence-electron chi connectivity index (χ1n) is 7.66. The Balaban J connectivity index is 1.92. The molecule has 2 fully saturated rings. The molecule has 1 aromatic carbocycles. The van der Waals surface area contributed by atoms with Crippen molar-refractivity contribution in [2.75, 3.05) is 6.54 Å². The fourth-order valence-electron chi connectivity index (χ4n) is 3.93. The van der Waals surface area contributed by atoms with Crippen molar-refractivity contribution in [3.8, 4) is 0 Å². The second-order valence-electron chi connectivity index (χ2n) is 6.15. The molecule has 5 heteroatoms. The molecule has 21 heavy (non-hydrogen) atoms. The lowest BCUT2D eigenvalue weighted by Gasteiger charge is -2.47. The van der Waals surface area contributed by atoms with Crippen LogP contribution < -0.4 is 0 Å². The van der Waals surface area contributed by atoms with Gasteiger partial charge in [0.15, 0.2) is 0 Å². The normalized spacial score (nSPS) is 26.2. The Bertz CT molecular complexity index is 692. The number of para-hydroxylation sites is 2. The quantitative estimate of drug-likeness (QED) is 0.921. The first-order chi connectivity index (χ1) is 10.2. The number of benzene rings is 1. The number of imidazole rings is 1. The van der Waals surface area contributed by atoms with Gasteiger partial charge < -0.3 is 9.67 Å². The molecule has 1 amide bonds. The lowest BCUT2D eigenvalue weighted by Crippen LogP contribution is -2.56. The fourth-order valence-corrected chi connectivity index (χ4v) is 3.93. The van der Waals surface area contributed by atoms with Gasteiger partial charge in [-0.15, -0.1) is 0 Å². The highest BCUT2D eigenvalue weighted by atomic mass is 16.4. The van der Waals surface area contributed by atoms with E-state index >= 15 is 0 Å². The molecule has 2 aromatic rings. The maximum atomic E-state index is 11.8. The molecule has 110 valence electrons. The number of hydrogen-bond donors (Lipinski definition) is 1. The zero-order valence-corrected chi connectivity index (χ0v) is 11.9. The van der Waals surface area contributed by atoms with E-state index in [0.29, 0.717) is 12.5 Å². The van der Waals surface area contributed by atoms with Crippen molar-refractivity contribution in [2.24, 2.45) is 5.92 Å². The van der Waals surface area contributed by atoms with Crippen LogP contribution in [0.15, 0.2) is 30.6 Å². The van der Waals surface area contributed by atoms with E-state index in [1.54, 1.807) is 4.90 Å². The van der Waals surface area contributed by atoms with Gasteiger partial charge in [0.25, 0.3) is 0 Å². The zero-order valence-electron chi connectivity index (χ0n) is 11.9. The molecule has 2 heterocycles. The number of carbonyl (C=O) groups is 1. The van der Waals surface area contributed by atoms with Crippen molar-refractivity contribution in [1.82, 2.24) is 14.5 Å². The average Bonchev–Trinajstić information content (AvgIpc) is 3.27. The topological polar surface area (TPSA) is 58.4 Å². The van der Waals surface area contributed by atoms with Crippen LogP contribution in [0.5, 0.6) is 0 Å². The molecule has 0 radical (unpaired) electrons. The number of fused-ring (bicyclic) bond motifs is 1. The van der Waals surface area contributed by atoms with E-state index in [1.165, 1.54) is 0 Å². The van der Waals surface area contributed by atoms with Gasteiger partial charge in [0.05, 0.1) is 17.4 Å². The van der Waals surface area contributed by atoms with Crippen LogP contribution in [-0.2, 0) is 5.66 Å². The maximum Gasteiger partial charge on any atom is 0.409 e. The smallest absolute Gasteiger partial charge is 0.409 e. The summed E-state index contributed by atoms with van der Waals surface area (Å²) >= 11 is 0. The van der Waals surface area contributed by atoms with Gasteiger partial charge in [0.1, 0.15) is 5.66 Å². The molecule has 1 aliphatic carbocycles. The molecule has 1 saturated heterocycles. The molecule has 2 aliphatic rings. The van der Waals surface area contributed by atoms with E-state index < -0.39 is 11.8 Å². The third-order valence-corrected chi connectivity index (χ3v) is 4.98. The predicted octanol–water partition coefficient (Wildman–Crippen LogP) is 3.26. The second kappa shape index (κ2) is 4.48. The van der Waals surface area contributed by atoms with Crippen LogP contribution in [0.4, 0.5) is 4.79 Å². The van der Waals surface area contributed by atoms with Gasteiger partial charge in [-0.2, -0.15) is 0 Å². The Hall–Kier alpha value is -2.04. The van der Waals surface area contributed by atoms with Gasteiger partial charge in [0, 0.05) is 12.5 Å². The lowest BCUT2D eigenvalue weighted by molar-refractivity contribution is -0.0202. The molecule has 0 bridgehead atoms. The van der Waals surface area contributed by atoms with Crippen molar-refractivity contribution < 1.29 is 9.90 Å². The fraction of sp³-hybridized carbons (Fsp3) is 0.500. The third-order valence-electron chi connectivity index (χ3n) is 4.98. The maximum absolute atomic E-state index is 11.8.